The topological polar surface area (TPSA) is 49.4 Å². The van der Waals surface area contributed by atoms with Gasteiger partial charge in [0.05, 0.1) is 11.1 Å². The second kappa shape index (κ2) is 8.34. The lowest BCUT2D eigenvalue weighted by atomic mass is 10.1. The summed E-state index contributed by atoms with van der Waals surface area (Å²) >= 11 is 1.61. The van der Waals surface area contributed by atoms with Crippen molar-refractivity contribution in [2.45, 2.75) is 50.9 Å². The molecule has 0 saturated carbocycles. The average molecular weight is 338 g/mol. The number of para-hydroxylation sites is 1. The van der Waals surface area contributed by atoms with Crippen LogP contribution in [0.5, 0.6) is 0 Å². The Morgan fingerprint density at radius 2 is 2.09 bits per heavy atom. The molecule has 6 heteroatoms. The van der Waals surface area contributed by atoms with E-state index in [1.54, 1.807) is 28.8 Å². The molecular formula is C17H23FN2O2S. The van der Waals surface area contributed by atoms with E-state index in [0.717, 1.165) is 19.3 Å². The maximum atomic E-state index is 13.7. The van der Waals surface area contributed by atoms with Gasteiger partial charge in [-0.2, -0.15) is 0 Å². The van der Waals surface area contributed by atoms with Gasteiger partial charge in [-0.1, -0.05) is 32.4 Å². The Kier molecular flexibility index (Phi) is 6.45. The largest absolute Gasteiger partial charge is 0.322 e. The Hall–Kier alpha value is -1.56. The van der Waals surface area contributed by atoms with E-state index in [1.807, 2.05) is 13.8 Å². The lowest BCUT2D eigenvalue weighted by Crippen LogP contribution is -2.47. The molecule has 126 valence electrons. The van der Waals surface area contributed by atoms with Gasteiger partial charge in [0.1, 0.15) is 11.9 Å². The minimum Gasteiger partial charge on any atom is -0.322 e. The number of unbranched alkanes of at least 4 members (excludes halogenated alkanes) is 1. The summed E-state index contributed by atoms with van der Waals surface area (Å²) in [6.45, 7) is 4.04. The summed E-state index contributed by atoms with van der Waals surface area (Å²) in [4.78, 5) is 26.7. The van der Waals surface area contributed by atoms with Crippen LogP contribution in [0.15, 0.2) is 24.3 Å². The lowest BCUT2D eigenvalue weighted by Gasteiger charge is -2.28. The van der Waals surface area contributed by atoms with Gasteiger partial charge in [0.15, 0.2) is 0 Å². The van der Waals surface area contributed by atoms with E-state index >= 15 is 0 Å². The summed E-state index contributed by atoms with van der Waals surface area (Å²) in [6, 6.07) is 5.54. The van der Waals surface area contributed by atoms with Crippen molar-refractivity contribution in [3.8, 4) is 0 Å². The highest BCUT2D eigenvalue weighted by Gasteiger charge is 2.40. The first kappa shape index (κ1) is 17.8. The fourth-order valence-electron chi connectivity index (χ4n) is 2.65. The Morgan fingerprint density at radius 3 is 2.74 bits per heavy atom. The summed E-state index contributed by atoms with van der Waals surface area (Å²) in [5.74, 6) is -0.223. The van der Waals surface area contributed by atoms with Crippen LogP contribution in [0.4, 0.5) is 10.1 Å². The third kappa shape index (κ3) is 4.25. The second-order valence-corrected chi connectivity index (χ2v) is 6.80. The van der Waals surface area contributed by atoms with Crippen molar-refractivity contribution in [2.24, 2.45) is 0 Å². The number of amides is 2. The van der Waals surface area contributed by atoms with Gasteiger partial charge in [-0.15, -0.1) is 11.8 Å². The summed E-state index contributed by atoms with van der Waals surface area (Å²) in [5.41, 5.74) is 0.156. The van der Waals surface area contributed by atoms with Crippen molar-refractivity contribution in [1.82, 2.24) is 4.90 Å². The van der Waals surface area contributed by atoms with Crippen molar-refractivity contribution in [3.63, 3.8) is 0 Å². The molecule has 0 aromatic heterocycles. The molecule has 2 unspecified atom stereocenters. The molecule has 2 amide bonds. The normalized spacial score (nSPS) is 20.6. The van der Waals surface area contributed by atoms with Crippen LogP contribution in [-0.4, -0.2) is 33.9 Å². The number of benzene rings is 1. The maximum Gasteiger partial charge on any atom is 0.248 e. The predicted molar refractivity (Wildman–Crippen MR) is 91.7 cm³/mol. The molecule has 2 rings (SSSR count). The molecular weight excluding hydrogens is 315 g/mol. The number of halogens is 1. The first-order valence-electron chi connectivity index (χ1n) is 8.06. The van der Waals surface area contributed by atoms with Crippen LogP contribution < -0.4 is 5.32 Å². The minimum atomic E-state index is -0.533. The molecule has 1 aliphatic heterocycles. The molecule has 0 spiro atoms. The zero-order valence-electron chi connectivity index (χ0n) is 13.5. The van der Waals surface area contributed by atoms with Crippen LogP contribution >= 0.6 is 11.8 Å². The Balaban J connectivity index is 2.11. The van der Waals surface area contributed by atoms with Crippen LogP contribution in [0.1, 0.15) is 39.5 Å². The highest BCUT2D eigenvalue weighted by molar-refractivity contribution is 8.00. The monoisotopic (exact) mass is 338 g/mol. The quantitative estimate of drug-likeness (QED) is 0.861. The number of rotatable bonds is 6. The molecule has 1 fully saturated rings. The van der Waals surface area contributed by atoms with Gasteiger partial charge in [0.2, 0.25) is 11.8 Å². The molecule has 1 N–H and O–H groups in total. The molecule has 4 nitrogen and oxygen atoms in total. The number of carbonyl (C=O) groups excluding carboxylic acids is 2. The first-order chi connectivity index (χ1) is 11.1. The maximum absolute atomic E-state index is 13.7. The lowest BCUT2D eigenvalue weighted by molar-refractivity contribution is -0.138. The summed E-state index contributed by atoms with van der Waals surface area (Å²) < 4.78 is 13.7. The van der Waals surface area contributed by atoms with Gasteiger partial charge in [-0.25, -0.2) is 4.39 Å². The number of nitrogens with one attached hydrogen (secondary N) is 1. The Bertz CT molecular complexity index is 567. The van der Waals surface area contributed by atoms with Crippen LogP contribution in [0, 0.1) is 5.82 Å². The van der Waals surface area contributed by atoms with Gasteiger partial charge in [-0.05, 0) is 25.0 Å². The summed E-state index contributed by atoms with van der Waals surface area (Å²) in [7, 11) is 0. The number of nitrogens with zero attached hydrogens (tertiary/aromatic N) is 1. The summed E-state index contributed by atoms with van der Waals surface area (Å²) in [5, 5.41) is 2.64. The van der Waals surface area contributed by atoms with Crippen molar-refractivity contribution in [2.75, 3.05) is 11.1 Å². The van der Waals surface area contributed by atoms with Crippen molar-refractivity contribution >= 4 is 29.3 Å². The molecule has 1 saturated heterocycles. The van der Waals surface area contributed by atoms with Crippen LogP contribution in [0.25, 0.3) is 0 Å². The van der Waals surface area contributed by atoms with Gasteiger partial charge < -0.3 is 10.2 Å². The smallest absolute Gasteiger partial charge is 0.248 e. The van der Waals surface area contributed by atoms with E-state index in [2.05, 4.69) is 5.32 Å². The number of thioether (sulfide) groups is 1. The van der Waals surface area contributed by atoms with E-state index in [1.165, 1.54) is 12.1 Å². The summed E-state index contributed by atoms with van der Waals surface area (Å²) in [6.07, 6.45) is 3.01. The van der Waals surface area contributed by atoms with E-state index in [-0.39, 0.29) is 22.9 Å². The number of hydrogen-bond donors (Lipinski definition) is 1. The molecule has 1 heterocycles. The van der Waals surface area contributed by atoms with Crippen LogP contribution in [-0.2, 0) is 9.59 Å². The van der Waals surface area contributed by atoms with E-state index < -0.39 is 11.9 Å². The first-order valence-corrected chi connectivity index (χ1v) is 9.11. The fourth-order valence-corrected chi connectivity index (χ4v) is 4.03. The molecule has 1 aromatic carbocycles. The molecule has 23 heavy (non-hydrogen) atoms. The van der Waals surface area contributed by atoms with Gasteiger partial charge >= 0.3 is 0 Å². The zero-order valence-corrected chi connectivity index (χ0v) is 14.4. The molecule has 2 atom stereocenters. The fraction of sp³-hybridized carbons (Fsp3) is 0.529. The Morgan fingerprint density at radius 1 is 1.35 bits per heavy atom. The second-order valence-electron chi connectivity index (χ2n) is 5.59. The minimum absolute atomic E-state index is 0.0115. The van der Waals surface area contributed by atoms with Crippen LogP contribution in [0.2, 0.25) is 0 Å². The van der Waals surface area contributed by atoms with Gasteiger partial charge in [-0.3, -0.25) is 9.59 Å². The predicted octanol–water partition coefficient (Wildman–Crippen LogP) is 3.63. The number of hydrogen-bond acceptors (Lipinski definition) is 3. The third-order valence-electron chi connectivity index (χ3n) is 3.91. The average Bonchev–Trinajstić information content (AvgIpc) is 2.99. The molecule has 1 aliphatic rings. The van der Waals surface area contributed by atoms with Crippen molar-refractivity contribution in [1.29, 1.82) is 0 Å². The van der Waals surface area contributed by atoms with E-state index in [0.29, 0.717) is 12.2 Å². The van der Waals surface area contributed by atoms with Gasteiger partial charge in [0, 0.05) is 12.2 Å². The number of anilines is 1. The molecule has 0 bridgehead atoms. The highest BCUT2D eigenvalue weighted by atomic mass is 32.2. The third-order valence-corrected chi connectivity index (χ3v) is 5.36. The van der Waals surface area contributed by atoms with E-state index in [4.69, 9.17) is 0 Å². The van der Waals surface area contributed by atoms with Crippen molar-refractivity contribution < 1.29 is 14.0 Å². The Labute approximate surface area is 140 Å². The van der Waals surface area contributed by atoms with Gasteiger partial charge in [0.25, 0.3) is 0 Å². The van der Waals surface area contributed by atoms with E-state index in [9.17, 15) is 14.0 Å². The molecule has 0 aliphatic carbocycles. The standard InChI is InChI=1S/C17H23FN2O2S/c1-3-5-10-15(21)20-14(11-23-16(20)4-2)17(22)19-13-9-7-6-8-12(13)18/h6-9,14,16H,3-5,10-11H2,1-2H3,(H,19,22). The van der Waals surface area contributed by atoms with Crippen LogP contribution in [0.3, 0.4) is 0 Å². The number of carbonyl (C=O) groups is 2. The molecule has 0 radical (unpaired) electrons. The zero-order chi connectivity index (χ0) is 16.8. The molecule has 1 aromatic rings. The SMILES string of the molecule is CCCCC(=O)N1C(CC)SCC1C(=O)Nc1ccccc1F. The van der Waals surface area contributed by atoms with Crippen molar-refractivity contribution in [3.05, 3.63) is 30.1 Å². The highest BCUT2D eigenvalue weighted by Crippen LogP contribution is 2.32.